The van der Waals surface area contributed by atoms with E-state index < -0.39 is 36.2 Å². The SMILES string of the molecule is O=C(O)[C@@H](Oc1cccc(CC(=O)N(CCOc2cccc(O[C@H](C(=O)O)[C@@H]3CCNC3)c2)Cc2cccc(O[C@H](C(=O)O)[C@@H]3CCNC3)c2)c1)[C@@H]1CCNC1. The minimum atomic E-state index is -1.04. The third-order valence-electron chi connectivity index (χ3n) is 10.4. The van der Waals surface area contributed by atoms with Gasteiger partial charge in [0.05, 0.1) is 13.0 Å². The molecule has 6 atom stereocenters. The van der Waals surface area contributed by atoms with Gasteiger partial charge in [0.15, 0.2) is 18.3 Å². The first-order valence-corrected chi connectivity index (χ1v) is 19.1. The number of amides is 1. The van der Waals surface area contributed by atoms with Gasteiger partial charge in [-0.25, -0.2) is 14.4 Å². The molecule has 6 N–H and O–H groups in total. The Kier molecular flexibility index (Phi) is 14.0. The Labute approximate surface area is 325 Å². The number of benzene rings is 3. The van der Waals surface area contributed by atoms with Gasteiger partial charge in [0.25, 0.3) is 0 Å². The average Bonchev–Trinajstić information content (AvgIpc) is 4.00. The highest BCUT2D eigenvalue weighted by Crippen LogP contribution is 2.26. The van der Waals surface area contributed by atoms with Crippen LogP contribution in [0.3, 0.4) is 0 Å². The van der Waals surface area contributed by atoms with E-state index in [0.717, 1.165) is 19.6 Å². The Morgan fingerprint density at radius 1 is 0.607 bits per heavy atom. The minimum absolute atomic E-state index is 0.0121. The standard InChI is InChI=1S/C41H50N4O11/c46-35(20-26-4-1-7-32(18-26)54-36(39(47)48)28-10-13-42-22-28)45(25-27-5-2-8-33(19-27)55-37(40(49)50)29-11-14-43-23-29)16-17-53-31-6-3-9-34(21-31)56-38(41(51)52)30-12-15-44-24-30/h1-9,18-19,21,28-30,36-38,42-44H,10-17,20,22-25H2,(H,47,48)(H,49,50)(H,51,52)/t28-,29-,30-,36+,37+,38+/m1/s1. The van der Waals surface area contributed by atoms with Crippen LogP contribution in [0, 0.1) is 17.8 Å². The van der Waals surface area contributed by atoms with Crippen molar-refractivity contribution in [2.75, 3.05) is 52.4 Å². The molecule has 56 heavy (non-hydrogen) atoms. The number of rotatable bonds is 20. The van der Waals surface area contributed by atoms with Gasteiger partial charge in [-0.05, 0) is 86.4 Å². The van der Waals surface area contributed by atoms with Gasteiger partial charge in [0, 0.05) is 50.0 Å². The van der Waals surface area contributed by atoms with Gasteiger partial charge in [0.1, 0.15) is 29.6 Å². The molecule has 3 aliphatic heterocycles. The predicted molar refractivity (Wildman–Crippen MR) is 203 cm³/mol. The van der Waals surface area contributed by atoms with Crippen LogP contribution in [0.4, 0.5) is 0 Å². The van der Waals surface area contributed by atoms with Crippen molar-refractivity contribution in [3.05, 3.63) is 83.9 Å². The fraction of sp³-hybridized carbons (Fsp3) is 0.463. The summed E-state index contributed by atoms with van der Waals surface area (Å²) in [6.45, 7) is 4.25. The van der Waals surface area contributed by atoms with E-state index in [9.17, 15) is 34.5 Å². The van der Waals surface area contributed by atoms with Crippen molar-refractivity contribution in [2.45, 2.75) is 50.5 Å². The van der Waals surface area contributed by atoms with Gasteiger partial charge in [-0.3, -0.25) is 4.79 Å². The first-order chi connectivity index (χ1) is 27.1. The molecule has 0 radical (unpaired) electrons. The van der Waals surface area contributed by atoms with Crippen molar-refractivity contribution in [1.82, 2.24) is 20.9 Å². The van der Waals surface area contributed by atoms with E-state index in [0.29, 0.717) is 73.0 Å². The summed E-state index contributed by atoms with van der Waals surface area (Å²) in [7, 11) is 0. The van der Waals surface area contributed by atoms with Crippen molar-refractivity contribution in [3.63, 3.8) is 0 Å². The van der Waals surface area contributed by atoms with Gasteiger partial charge in [0.2, 0.25) is 5.91 Å². The molecule has 0 spiro atoms. The number of carbonyl (C=O) groups excluding carboxylic acids is 1. The van der Waals surface area contributed by atoms with E-state index in [1.165, 1.54) is 0 Å². The largest absolute Gasteiger partial charge is 0.492 e. The summed E-state index contributed by atoms with van der Waals surface area (Å²) in [6.07, 6.45) is -0.995. The van der Waals surface area contributed by atoms with Gasteiger partial charge >= 0.3 is 17.9 Å². The summed E-state index contributed by atoms with van der Waals surface area (Å²) in [5.41, 5.74) is 1.35. The molecule has 15 heteroatoms. The average molecular weight is 775 g/mol. The maximum absolute atomic E-state index is 14.0. The Hall–Kier alpha value is -5.38. The molecule has 3 saturated heterocycles. The van der Waals surface area contributed by atoms with Crippen molar-refractivity contribution in [1.29, 1.82) is 0 Å². The molecule has 0 unspecified atom stereocenters. The first-order valence-electron chi connectivity index (χ1n) is 19.1. The molecule has 0 saturated carbocycles. The Balaban J connectivity index is 1.15. The van der Waals surface area contributed by atoms with E-state index in [1.54, 1.807) is 71.6 Å². The first kappa shape index (κ1) is 40.3. The zero-order valence-electron chi connectivity index (χ0n) is 31.1. The molecule has 3 aliphatic rings. The zero-order valence-corrected chi connectivity index (χ0v) is 31.1. The van der Waals surface area contributed by atoms with E-state index in [-0.39, 0.29) is 49.8 Å². The Morgan fingerprint density at radius 3 is 1.50 bits per heavy atom. The molecule has 6 rings (SSSR count). The Bertz CT molecular complexity index is 1810. The summed E-state index contributed by atoms with van der Waals surface area (Å²) in [4.78, 5) is 51.8. The highest BCUT2D eigenvalue weighted by atomic mass is 16.5. The summed E-state index contributed by atoms with van der Waals surface area (Å²) < 4.78 is 23.9. The molecule has 3 aromatic carbocycles. The van der Waals surface area contributed by atoms with Crippen molar-refractivity contribution in [3.8, 4) is 23.0 Å². The fourth-order valence-corrected chi connectivity index (χ4v) is 7.45. The van der Waals surface area contributed by atoms with E-state index in [1.807, 2.05) is 6.07 Å². The smallest absolute Gasteiger partial charge is 0.345 e. The second-order valence-electron chi connectivity index (χ2n) is 14.5. The quantitative estimate of drug-likeness (QED) is 0.0978. The molecule has 3 heterocycles. The van der Waals surface area contributed by atoms with Crippen LogP contribution in [0.5, 0.6) is 23.0 Å². The number of aliphatic carboxylic acids is 3. The van der Waals surface area contributed by atoms with Gasteiger partial charge in [-0.15, -0.1) is 0 Å². The highest BCUT2D eigenvalue weighted by molar-refractivity contribution is 5.79. The normalized spacial score (nSPS) is 20.8. The molecular formula is C41H50N4O11. The van der Waals surface area contributed by atoms with Crippen LogP contribution >= 0.6 is 0 Å². The van der Waals surface area contributed by atoms with Gasteiger partial charge in [-0.1, -0.05) is 30.3 Å². The van der Waals surface area contributed by atoms with Crippen LogP contribution in [0.1, 0.15) is 30.4 Å². The third kappa shape index (κ3) is 11.1. The van der Waals surface area contributed by atoms with Crippen molar-refractivity contribution < 1.29 is 53.4 Å². The van der Waals surface area contributed by atoms with Gasteiger partial charge in [-0.2, -0.15) is 0 Å². The lowest BCUT2D eigenvalue weighted by atomic mass is 10.0. The molecular weight excluding hydrogens is 724 g/mol. The number of hydrogen-bond acceptors (Lipinski definition) is 11. The number of ether oxygens (including phenoxy) is 4. The van der Waals surface area contributed by atoms with E-state index in [4.69, 9.17) is 18.9 Å². The molecule has 3 fully saturated rings. The molecule has 1 amide bonds. The number of carboxylic acids is 3. The van der Waals surface area contributed by atoms with Crippen LogP contribution < -0.4 is 34.9 Å². The summed E-state index contributed by atoms with van der Waals surface area (Å²) in [5.74, 6) is -2.33. The number of hydrogen-bond donors (Lipinski definition) is 6. The second-order valence-corrected chi connectivity index (χ2v) is 14.5. The van der Waals surface area contributed by atoms with Crippen LogP contribution in [-0.2, 0) is 32.1 Å². The zero-order chi connectivity index (χ0) is 39.4. The number of carboxylic acid groups (broad SMARTS) is 3. The van der Waals surface area contributed by atoms with Crippen LogP contribution in [-0.4, -0.2) is 115 Å². The molecule has 0 bridgehead atoms. The lowest BCUT2D eigenvalue weighted by molar-refractivity contribution is -0.148. The minimum Gasteiger partial charge on any atom is -0.492 e. The van der Waals surface area contributed by atoms with Gasteiger partial charge < -0.3 is 55.1 Å². The maximum Gasteiger partial charge on any atom is 0.345 e. The lowest BCUT2D eigenvalue weighted by Gasteiger charge is -2.25. The van der Waals surface area contributed by atoms with Crippen LogP contribution in [0.25, 0.3) is 0 Å². The van der Waals surface area contributed by atoms with E-state index in [2.05, 4.69) is 16.0 Å². The Morgan fingerprint density at radius 2 is 1.04 bits per heavy atom. The summed E-state index contributed by atoms with van der Waals surface area (Å²) in [5, 5.41) is 39.1. The number of carbonyl (C=O) groups is 4. The molecule has 3 aromatic rings. The lowest BCUT2D eigenvalue weighted by Crippen LogP contribution is -2.37. The topological polar surface area (TPSA) is 205 Å². The van der Waals surface area contributed by atoms with Crippen LogP contribution in [0.15, 0.2) is 72.8 Å². The van der Waals surface area contributed by atoms with Crippen molar-refractivity contribution in [2.24, 2.45) is 17.8 Å². The summed E-state index contributed by atoms with van der Waals surface area (Å²) >= 11 is 0. The summed E-state index contributed by atoms with van der Waals surface area (Å²) in [6, 6.07) is 20.6. The predicted octanol–water partition coefficient (Wildman–Crippen LogP) is 2.66. The molecule has 15 nitrogen and oxygen atoms in total. The molecule has 300 valence electrons. The molecule has 0 aliphatic carbocycles. The van der Waals surface area contributed by atoms with E-state index >= 15 is 0 Å². The number of nitrogens with zero attached hydrogens (tertiary/aromatic N) is 1. The third-order valence-corrected chi connectivity index (χ3v) is 10.4. The highest BCUT2D eigenvalue weighted by Gasteiger charge is 2.34. The maximum atomic E-state index is 14.0. The second kappa shape index (κ2) is 19.5. The van der Waals surface area contributed by atoms with Crippen LogP contribution in [0.2, 0.25) is 0 Å². The molecule has 0 aromatic heterocycles. The number of nitrogens with one attached hydrogen (secondary N) is 3. The monoisotopic (exact) mass is 774 g/mol. The fourth-order valence-electron chi connectivity index (χ4n) is 7.45. The van der Waals surface area contributed by atoms with Crippen molar-refractivity contribution >= 4 is 23.8 Å².